The fraction of sp³-hybridized carbons (Fsp3) is 0.150. The summed E-state index contributed by atoms with van der Waals surface area (Å²) in [6.45, 7) is 1.23. The van der Waals surface area contributed by atoms with Crippen molar-refractivity contribution >= 4 is 28.3 Å². The predicted octanol–water partition coefficient (Wildman–Crippen LogP) is 3.76. The van der Waals surface area contributed by atoms with Gasteiger partial charge in [0.25, 0.3) is 5.91 Å². The van der Waals surface area contributed by atoms with Crippen molar-refractivity contribution < 1.29 is 19.1 Å². The summed E-state index contributed by atoms with van der Waals surface area (Å²) >= 11 is 1.31. The third-order valence-electron chi connectivity index (χ3n) is 3.58. The van der Waals surface area contributed by atoms with E-state index in [0.717, 1.165) is 11.3 Å². The average Bonchev–Trinajstić information content (AvgIpc) is 3.16. The molecule has 0 saturated carbocycles. The number of anilines is 1. The van der Waals surface area contributed by atoms with Gasteiger partial charge in [-0.3, -0.25) is 10.1 Å². The zero-order chi connectivity index (χ0) is 19.1. The molecular formula is C20H18N2O4S. The molecule has 0 spiro atoms. The zero-order valence-corrected chi connectivity index (χ0v) is 15.4. The van der Waals surface area contributed by atoms with Gasteiger partial charge in [0.2, 0.25) is 0 Å². The van der Waals surface area contributed by atoms with Crippen LogP contribution in [0.2, 0.25) is 0 Å². The van der Waals surface area contributed by atoms with Crippen molar-refractivity contribution in [2.75, 3.05) is 11.9 Å². The van der Waals surface area contributed by atoms with Crippen LogP contribution in [0, 0.1) is 0 Å². The van der Waals surface area contributed by atoms with Crippen LogP contribution in [0.4, 0.5) is 5.13 Å². The molecule has 3 aromatic rings. The molecule has 0 saturated heterocycles. The number of para-hydroxylation sites is 1. The number of esters is 1. The van der Waals surface area contributed by atoms with E-state index < -0.39 is 18.0 Å². The normalized spacial score (nSPS) is 11.4. The lowest BCUT2D eigenvalue weighted by molar-refractivity contribution is -0.155. The van der Waals surface area contributed by atoms with Crippen molar-refractivity contribution in [2.24, 2.45) is 0 Å². The molecule has 6 nitrogen and oxygen atoms in total. The monoisotopic (exact) mass is 382 g/mol. The zero-order valence-electron chi connectivity index (χ0n) is 14.6. The topological polar surface area (TPSA) is 77.5 Å². The van der Waals surface area contributed by atoms with E-state index in [1.165, 1.54) is 18.3 Å². The van der Waals surface area contributed by atoms with Gasteiger partial charge in [0.15, 0.2) is 17.8 Å². The fourth-order valence-electron chi connectivity index (χ4n) is 2.22. The number of hydrogen-bond donors (Lipinski definition) is 1. The Hall–Kier alpha value is -3.19. The smallest absolute Gasteiger partial charge is 0.344 e. The van der Waals surface area contributed by atoms with Gasteiger partial charge >= 0.3 is 5.97 Å². The summed E-state index contributed by atoms with van der Waals surface area (Å²) in [6, 6.07) is 18.6. The van der Waals surface area contributed by atoms with E-state index in [1.54, 1.807) is 24.3 Å². The first-order valence-corrected chi connectivity index (χ1v) is 9.19. The summed E-state index contributed by atoms with van der Waals surface area (Å²) in [5, 5.41) is 4.96. The molecule has 1 heterocycles. The number of aromatic nitrogens is 1. The minimum atomic E-state index is -0.957. The molecule has 1 N–H and O–H groups in total. The SMILES string of the molecule is C[C@@H](OC(=O)COc1ccccc1)C(=O)Nc1nc(-c2ccccc2)cs1. The van der Waals surface area contributed by atoms with E-state index in [1.807, 2.05) is 41.8 Å². The van der Waals surface area contributed by atoms with E-state index >= 15 is 0 Å². The van der Waals surface area contributed by atoms with Crippen molar-refractivity contribution in [3.63, 3.8) is 0 Å². The maximum atomic E-state index is 12.2. The van der Waals surface area contributed by atoms with E-state index in [4.69, 9.17) is 9.47 Å². The number of rotatable bonds is 7. The van der Waals surface area contributed by atoms with Gasteiger partial charge in [0.05, 0.1) is 5.69 Å². The molecule has 7 heteroatoms. The Morgan fingerprint density at radius 2 is 1.74 bits per heavy atom. The first-order valence-electron chi connectivity index (χ1n) is 8.31. The van der Waals surface area contributed by atoms with Gasteiger partial charge in [-0.25, -0.2) is 9.78 Å². The minimum Gasteiger partial charge on any atom is -0.482 e. The van der Waals surface area contributed by atoms with Crippen molar-refractivity contribution in [3.05, 3.63) is 66.0 Å². The molecule has 0 unspecified atom stereocenters. The quantitative estimate of drug-likeness (QED) is 0.630. The molecular weight excluding hydrogens is 364 g/mol. The second-order valence-corrected chi connectivity index (χ2v) is 6.49. The molecule has 1 amide bonds. The third-order valence-corrected chi connectivity index (χ3v) is 4.34. The van der Waals surface area contributed by atoms with Crippen molar-refractivity contribution in [2.45, 2.75) is 13.0 Å². The average molecular weight is 382 g/mol. The number of thiazole rings is 1. The van der Waals surface area contributed by atoms with Crippen molar-refractivity contribution in [1.29, 1.82) is 0 Å². The molecule has 1 aromatic heterocycles. The van der Waals surface area contributed by atoms with Crippen molar-refractivity contribution in [1.82, 2.24) is 4.98 Å². The van der Waals surface area contributed by atoms with Gasteiger partial charge in [0, 0.05) is 10.9 Å². The van der Waals surface area contributed by atoms with E-state index in [9.17, 15) is 9.59 Å². The second kappa shape index (κ2) is 8.95. The molecule has 0 bridgehead atoms. The highest BCUT2D eigenvalue weighted by molar-refractivity contribution is 7.14. The van der Waals surface area contributed by atoms with Crippen LogP contribution < -0.4 is 10.1 Å². The number of amides is 1. The Morgan fingerprint density at radius 1 is 1.07 bits per heavy atom. The van der Waals surface area contributed by atoms with Crippen LogP contribution in [-0.2, 0) is 14.3 Å². The molecule has 0 aliphatic rings. The lowest BCUT2D eigenvalue weighted by atomic mass is 10.2. The van der Waals surface area contributed by atoms with Crippen LogP contribution in [0.25, 0.3) is 11.3 Å². The number of benzene rings is 2. The number of nitrogens with one attached hydrogen (secondary N) is 1. The first-order chi connectivity index (χ1) is 13.1. The molecule has 1 atom stereocenters. The third kappa shape index (κ3) is 5.39. The molecule has 0 aliphatic heterocycles. The highest BCUT2D eigenvalue weighted by Crippen LogP contribution is 2.24. The van der Waals surface area contributed by atoms with Crippen molar-refractivity contribution in [3.8, 4) is 17.0 Å². The van der Waals surface area contributed by atoms with Gasteiger partial charge < -0.3 is 9.47 Å². The largest absolute Gasteiger partial charge is 0.482 e. The number of hydrogen-bond acceptors (Lipinski definition) is 6. The molecule has 138 valence electrons. The maximum absolute atomic E-state index is 12.2. The highest BCUT2D eigenvalue weighted by Gasteiger charge is 2.19. The van der Waals surface area contributed by atoms with Crippen LogP contribution in [-0.4, -0.2) is 29.6 Å². The molecule has 0 fully saturated rings. The fourth-order valence-corrected chi connectivity index (χ4v) is 2.95. The molecule has 27 heavy (non-hydrogen) atoms. The number of carbonyl (C=O) groups is 2. The number of carbonyl (C=O) groups excluding carboxylic acids is 2. The van der Waals surface area contributed by atoms with Crippen LogP contribution >= 0.6 is 11.3 Å². The Morgan fingerprint density at radius 3 is 2.44 bits per heavy atom. The van der Waals surface area contributed by atoms with Gasteiger partial charge in [0.1, 0.15) is 5.75 Å². The summed E-state index contributed by atoms with van der Waals surface area (Å²) in [4.78, 5) is 28.4. The van der Waals surface area contributed by atoms with Gasteiger partial charge in [-0.05, 0) is 19.1 Å². The van der Waals surface area contributed by atoms with Crippen LogP contribution in [0.1, 0.15) is 6.92 Å². The number of ether oxygens (including phenoxy) is 2. The summed E-state index contributed by atoms with van der Waals surface area (Å²) in [7, 11) is 0. The Balaban J connectivity index is 1.49. The Bertz CT molecular complexity index is 897. The summed E-state index contributed by atoms with van der Waals surface area (Å²) in [6.07, 6.45) is -0.957. The molecule has 2 aromatic carbocycles. The second-order valence-electron chi connectivity index (χ2n) is 5.63. The van der Waals surface area contributed by atoms with Gasteiger partial charge in [-0.15, -0.1) is 11.3 Å². The van der Waals surface area contributed by atoms with Crippen LogP contribution in [0.3, 0.4) is 0 Å². The maximum Gasteiger partial charge on any atom is 0.344 e. The Kier molecular flexibility index (Phi) is 6.17. The molecule has 0 aliphatic carbocycles. The minimum absolute atomic E-state index is 0.267. The lowest BCUT2D eigenvalue weighted by Gasteiger charge is -2.12. The van der Waals surface area contributed by atoms with E-state index in [-0.39, 0.29) is 6.61 Å². The molecule has 0 radical (unpaired) electrons. The number of nitrogens with zero attached hydrogens (tertiary/aromatic N) is 1. The standard InChI is InChI=1S/C20H18N2O4S/c1-14(26-18(23)12-25-16-10-6-3-7-11-16)19(24)22-20-21-17(13-27-20)15-8-4-2-5-9-15/h2-11,13-14H,12H2,1H3,(H,21,22,24)/t14-/m1/s1. The molecule has 3 rings (SSSR count). The van der Waals surface area contributed by atoms with E-state index in [2.05, 4.69) is 10.3 Å². The summed E-state index contributed by atoms with van der Waals surface area (Å²) < 4.78 is 10.4. The Labute approximate surface area is 160 Å². The van der Waals surface area contributed by atoms with Gasteiger partial charge in [-0.2, -0.15) is 0 Å². The summed E-state index contributed by atoms with van der Waals surface area (Å²) in [5.74, 6) is -0.509. The van der Waals surface area contributed by atoms with Crippen LogP contribution in [0.5, 0.6) is 5.75 Å². The van der Waals surface area contributed by atoms with Gasteiger partial charge in [-0.1, -0.05) is 48.5 Å². The first kappa shape index (κ1) is 18.6. The summed E-state index contributed by atoms with van der Waals surface area (Å²) in [5.41, 5.74) is 1.74. The lowest BCUT2D eigenvalue weighted by Crippen LogP contribution is -2.31. The highest BCUT2D eigenvalue weighted by atomic mass is 32.1. The van der Waals surface area contributed by atoms with Crippen LogP contribution in [0.15, 0.2) is 66.0 Å². The predicted molar refractivity (Wildman–Crippen MR) is 104 cm³/mol. The van der Waals surface area contributed by atoms with E-state index in [0.29, 0.717) is 10.9 Å².